The summed E-state index contributed by atoms with van der Waals surface area (Å²) in [6.07, 6.45) is 0. The zero-order valence-corrected chi connectivity index (χ0v) is 16.6. The minimum atomic E-state index is -1.55. The third-order valence-corrected chi connectivity index (χ3v) is 8.24. The molecule has 28 heavy (non-hydrogen) atoms. The fourth-order valence-electron chi connectivity index (χ4n) is 3.83. The van der Waals surface area contributed by atoms with Crippen molar-refractivity contribution in [2.45, 2.75) is 29.4 Å². The maximum absolute atomic E-state index is 9.74. The minimum Gasteiger partial charge on any atom is -0.423 e. The van der Waals surface area contributed by atoms with Gasteiger partial charge in [-0.05, 0) is 47.3 Å². The molecule has 3 heterocycles. The molecule has 0 aromatic heterocycles. The Morgan fingerprint density at radius 3 is 1.32 bits per heavy atom. The van der Waals surface area contributed by atoms with Gasteiger partial charge in [-0.2, -0.15) is 0 Å². The average Bonchev–Trinajstić information content (AvgIpc) is 2.67. The van der Waals surface area contributed by atoms with Crippen LogP contribution in [-0.4, -0.2) is 34.3 Å². The van der Waals surface area contributed by atoms with Crippen molar-refractivity contribution in [1.82, 2.24) is 0 Å². The van der Waals surface area contributed by atoms with E-state index in [1.54, 1.807) is 35.7 Å². The van der Waals surface area contributed by atoms with Crippen molar-refractivity contribution >= 4 is 77.5 Å². The molecule has 10 heteroatoms. The summed E-state index contributed by atoms with van der Waals surface area (Å²) in [5.74, 6) is 0. The lowest BCUT2D eigenvalue weighted by atomic mass is 9.80. The van der Waals surface area contributed by atoms with Gasteiger partial charge in [0.25, 0.3) is 0 Å². The molecule has 0 atom stereocenters. The highest BCUT2D eigenvalue weighted by atomic mass is 32.2. The molecule has 5 nitrogen and oxygen atoms in total. The lowest BCUT2D eigenvalue weighted by Crippen LogP contribution is -2.33. The van der Waals surface area contributed by atoms with E-state index in [4.69, 9.17) is 0 Å². The van der Waals surface area contributed by atoms with E-state index in [0.29, 0.717) is 10.9 Å². The molecule has 0 amide bonds. The van der Waals surface area contributed by atoms with Crippen LogP contribution in [0, 0.1) is 0 Å². The first kappa shape index (κ1) is 17.3. The van der Waals surface area contributed by atoms with Crippen molar-refractivity contribution in [3.8, 4) is 0 Å². The Morgan fingerprint density at radius 2 is 0.929 bits per heavy atom. The van der Waals surface area contributed by atoms with Gasteiger partial charge in [-0.25, -0.2) is 0 Å². The fourth-order valence-corrected chi connectivity index (χ4v) is 7.60. The molecule has 3 aromatic carbocycles. The van der Waals surface area contributed by atoms with E-state index < -0.39 is 14.2 Å². The molecule has 136 valence electrons. The summed E-state index contributed by atoms with van der Waals surface area (Å²) in [4.78, 5) is 8.27. The molecule has 0 saturated heterocycles. The van der Waals surface area contributed by atoms with Crippen LogP contribution < -0.4 is 15.8 Å². The summed E-state index contributed by atoms with van der Waals surface area (Å²) in [6, 6.07) is 13.4. The van der Waals surface area contributed by atoms with Crippen molar-refractivity contribution < 1.29 is 20.1 Å². The standard InChI is InChI=1S/C18H11B2NO4S3/c22-19(23)8-4-12-17-14(6-8)28-15-7-9(20(24)25)5-13-18(15)21(17)16-10(26-12)2-1-3-11(16)27-13/h1-7,22-25H. The Hall–Kier alpha value is -1.52. The van der Waals surface area contributed by atoms with Crippen LogP contribution in [0.2, 0.25) is 0 Å². The van der Waals surface area contributed by atoms with Crippen molar-refractivity contribution in [2.75, 3.05) is 4.90 Å². The zero-order valence-electron chi connectivity index (χ0n) is 14.2. The number of hydrogen-bond donors (Lipinski definition) is 4. The van der Waals surface area contributed by atoms with Crippen LogP contribution in [0.15, 0.2) is 71.8 Å². The molecule has 6 rings (SSSR count). The minimum absolute atomic E-state index is 0.446. The summed E-state index contributed by atoms with van der Waals surface area (Å²) in [7, 11) is -3.09. The topological polar surface area (TPSA) is 84.2 Å². The Kier molecular flexibility index (Phi) is 3.71. The van der Waals surface area contributed by atoms with Gasteiger partial charge in [0, 0.05) is 29.4 Å². The van der Waals surface area contributed by atoms with E-state index in [2.05, 4.69) is 17.0 Å². The molecular formula is C18H11B2NO4S3. The number of anilines is 3. The monoisotopic (exact) mass is 423 g/mol. The van der Waals surface area contributed by atoms with Crippen LogP contribution in [0.1, 0.15) is 0 Å². The van der Waals surface area contributed by atoms with Gasteiger partial charge in [0.15, 0.2) is 0 Å². The first-order valence-electron chi connectivity index (χ1n) is 8.56. The van der Waals surface area contributed by atoms with E-state index in [1.807, 2.05) is 18.2 Å². The molecule has 0 fully saturated rings. The highest BCUT2D eigenvalue weighted by molar-refractivity contribution is 8.01. The Labute approximate surface area is 174 Å². The van der Waals surface area contributed by atoms with E-state index in [0.717, 1.165) is 46.4 Å². The first-order valence-corrected chi connectivity index (χ1v) is 11.0. The van der Waals surface area contributed by atoms with Gasteiger partial charge in [-0.15, -0.1) is 0 Å². The highest BCUT2D eigenvalue weighted by Gasteiger charge is 2.40. The molecule has 0 bridgehead atoms. The third kappa shape index (κ3) is 2.31. The number of benzene rings is 3. The van der Waals surface area contributed by atoms with Gasteiger partial charge in [-0.3, -0.25) is 0 Å². The second kappa shape index (κ2) is 5.99. The SMILES string of the molecule is OB(O)c1cc2c3c(c1)Sc1cc(B(O)O)cc4c1N3c1c(cccc1S4)S2. The smallest absolute Gasteiger partial charge is 0.423 e. The lowest BCUT2D eigenvalue weighted by Gasteiger charge is -2.43. The van der Waals surface area contributed by atoms with Crippen LogP contribution >= 0.6 is 35.3 Å². The van der Waals surface area contributed by atoms with Crippen LogP contribution in [0.25, 0.3) is 0 Å². The Bertz CT molecular complexity index is 1100. The number of para-hydroxylation sites is 1. The van der Waals surface area contributed by atoms with Crippen molar-refractivity contribution in [2.24, 2.45) is 0 Å². The largest absolute Gasteiger partial charge is 0.488 e. The molecule has 0 aliphatic carbocycles. The van der Waals surface area contributed by atoms with Gasteiger partial charge >= 0.3 is 14.2 Å². The van der Waals surface area contributed by atoms with E-state index in [-0.39, 0.29) is 0 Å². The normalized spacial score (nSPS) is 14.6. The van der Waals surface area contributed by atoms with E-state index >= 15 is 0 Å². The van der Waals surface area contributed by atoms with Crippen molar-refractivity contribution in [3.63, 3.8) is 0 Å². The van der Waals surface area contributed by atoms with Gasteiger partial charge < -0.3 is 25.0 Å². The van der Waals surface area contributed by atoms with E-state index in [9.17, 15) is 20.1 Å². The number of nitrogens with zero attached hydrogens (tertiary/aromatic N) is 1. The van der Waals surface area contributed by atoms with Gasteiger partial charge in [0.1, 0.15) is 0 Å². The zero-order chi connectivity index (χ0) is 19.2. The molecule has 0 spiro atoms. The predicted molar refractivity (Wildman–Crippen MR) is 113 cm³/mol. The summed E-state index contributed by atoms with van der Waals surface area (Å²) in [6.45, 7) is 0. The lowest BCUT2D eigenvalue weighted by molar-refractivity contribution is 0.424. The maximum Gasteiger partial charge on any atom is 0.488 e. The van der Waals surface area contributed by atoms with Gasteiger partial charge in [0.05, 0.1) is 17.1 Å². The van der Waals surface area contributed by atoms with Gasteiger partial charge in [0.2, 0.25) is 0 Å². The van der Waals surface area contributed by atoms with Gasteiger partial charge in [-0.1, -0.05) is 41.4 Å². The summed E-state index contributed by atoms with van der Waals surface area (Å²) in [5.41, 5.74) is 4.12. The van der Waals surface area contributed by atoms with Crippen LogP contribution in [-0.2, 0) is 0 Å². The maximum atomic E-state index is 9.74. The first-order chi connectivity index (χ1) is 13.5. The molecule has 3 aromatic rings. The second-order valence-corrected chi connectivity index (χ2v) is 9.97. The predicted octanol–water partition coefficient (Wildman–Crippen LogP) is 1.91. The Morgan fingerprint density at radius 1 is 0.571 bits per heavy atom. The summed E-state index contributed by atoms with van der Waals surface area (Å²) in [5, 5.41) is 39.0. The molecule has 0 radical (unpaired) electrons. The molecule has 0 saturated carbocycles. The molecule has 3 aliphatic heterocycles. The number of hydrogen-bond acceptors (Lipinski definition) is 8. The Balaban J connectivity index is 1.69. The summed E-state index contributed by atoms with van der Waals surface area (Å²) >= 11 is 4.79. The molecule has 3 aliphatic rings. The second-order valence-electron chi connectivity index (χ2n) is 6.72. The molecule has 4 N–H and O–H groups in total. The van der Waals surface area contributed by atoms with E-state index in [1.165, 1.54) is 11.8 Å². The molecular weight excluding hydrogens is 412 g/mol. The van der Waals surface area contributed by atoms with Crippen LogP contribution in [0.5, 0.6) is 0 Å². The van der Waals surface area contributed by atoms with Crippen LogP contribution in [0.3, 0.4) is 0 Å². The highest BCUT2D eigenvalue weighted by Crippen LogP contribution is 2.65. The molecule has 0 unspecified atom stereocenters. The van der Waals surface area contributed by atoms with Crippen molar-refractivity contribution in [1.29, 1.82) is 0 Å². The quantitative estimate of drug-likeness (QED) is 0.315. The third-order valence-electron chi connectivity index (χ3n) is 5.01. The number of rotatable bonds is 2. The average molecular weight is 423 g/mol. The summed E-state index contributed by atoms with van der Waals surface area (Å²) < 4.78 is 0. The van der Waals surface area contributed by atoms with Crippen LogP contribution in [0.4, 0.5) is 17.1 Å². The van der Waals surface area contributed by atoms with Crippen molar-refractivity contribution in [3.05, 3.63) is 42.5 Å². The fraction of sp³-hybridized carbons (Fsp3) is 0.